The van der Waals surface area contributed by atoms with Gasteiger partial charge < -0.3 is 9.84 Å². The minimum Gasteiger partial charge on any atom is -0.489 e. The molecule has 7 heteroatoms. The van der Waals surface area contributed by atoms with Crippen molar-refractivity contribution in [1.29, 1.82) is 0 Å². The highest BCUT2D eigenvalue weighted by Gasteiger charge is 2.27. The van der Waals surface area contributed by atoms with Crippen molar-refractivity contribution in [3.63, 3.8) is 0 Å². The maximum Gasteiger partial charge on any atom is 0.322 e. The fraction of sp³-hybridized carbons (Fsp3) is 0.179. The van der Waals surface area contributed by atoms with E-state index >= 15 is 0 Å². The lowest BCUT2D eigenvalue weighted by Gasteiger charge is -2.18. The van der Waals surface area contributed by atoms with Crippen LogP contribution in [-0.4, -0.2) is 25.5 Å². The lowest BCUT2D eigenvalue weighted by molar-refractivity contribution is -0.140. The van der Waals surface area contributed by atoms with E-state index in [1.807, 2.05) is 42.5 Å². The van der Waals surface area contributed by atoms with Gasteiger partial charge in [0.05, 0.1) is 4.90 Å². The molecular weight excluding hydrogens is 462 g/mol. The Labute approximate surface area is 205 Å². The number of benzene rings is 4. The highest BCUT2D eigenvalue weighted by atomic mass is 32.2. The van der Waals surface area contributed by atoms with Crippen molar-refractivity contribution in [3.05, 3.63) is 96.6 Å². The molecule has 0 fully saturated rings. The average molecular weight is 490 g/mol. The first-order chi connectivity index (χ1) is 16.7. The summed E-state index contributed by atoms with van der Waals surface area (Å²) in [5.74, 6) is -0.857. The molecule has 2 N–H and O–H groups in total. The predicted molar refractivity (Wildman–Crippen MR) is 137 cm³/mol. The first-order valence-electron chi connectivity index (χ1n) is 11.3. The van der Waals surface area contributed by atoms with Gasteiger partial charge in [-0.15, -0.1) is 0 Å². The van der Waals surface area contributed by atoms with Crippen molar-refractivity contribution in [2.45, 2.75) is 31.4 Å². The third-order valence-electron chi connectivity index (χ3n) is 5.84. The Bertz CT molecular complexity index is 1420. The molecule has 6 nitrogen and oxygen atoms in total. The standard InChI is InChI=1S/C28H27NO5S/c1-19(2)27(28(30)31)29-35(32,33)25-16-12-21(13-17-25)20-10-14-24(15-11-20)34-18-23-8-5-7-22-6-3-4-9-26(22)23/h3-17,19,27,29H,18H2,1-2H3,(H,30,31)/t27-/m1/s1. The molecule has 0 spiro atoms. The summed E-state index contributed by atoms with van der Waals surface area (Å²) >= 11 is 0. The van der Waals surface area contributed by atoms with Crippen LogP contribution in [0.25, 0.3) is 21.9 Å². The normalized spacial score (nSPS) is 12.5. The van der Waals surface area contributed by atoms with E-state index in [2.05, 4.69) is 29.0 Å². The van der Waals surface area contributed by atoms with Gasteiger partial charge in [0.2, 0.25) is 10.0 Å². The van der Waals surface area contributed by atoms with E-state index in [0.29, 0.717) is 6.61 Å². The molecule has 0 aliphatic carbocycles. The number of aliphatic carboxylic acids is 1. The number of carboxylic acids is 1. The van der Waals surface area contributed by atoms with Crippen molar-refractivity contribution < 1.29 is 23.1 Å². The fourth-order valence-electron chi connectivity index (χ4n) is 3.86. The number of hydrogen-bond donors (Lipinski definition) is 2. The van der Waals surface area contributed by atoms with Gasteiger partial charge in [-0.25, -0.2) is 8.42 Å². The topological polar surface area (TPSA) is 92.7 Å². The molecule has 0 heterocycles. The van der Waals surface area contributed by atoms with Crippen LogP contribution in [0, 0.1) is 5.92 Å². The summed E-state index contributed by atoms with van der Waals surface area (Å²) < 4.78 is 33.5. The molecule has 0 saturated heterocycles. The van der Waals surface area contributed by atoms with Crippen molar-refractivity contribution in [2.75, 3.05) is 0 Å². The number of carbonyl (C=O) groups is 1. The number of hydrogen-bond acceptors (Lipinski definition) is 4. The van der Waals surface area contributed by atoms with Gasteiger partial charge in [-0.05, 0) is 57.6 Å². The van der Waals surface area contributed by atoms with Crippen LogP contribution in [-0.2, 0) is 21.4 Å². The third kappa shape index (κ3) is 5.70. The highest BCUT2D eigenvalue weighted by molar-refractivity contribution is 7.89. The number of nitrogens with one attached hydrogen (secondary N) is 1. The second kappa shape index (κ2) is 10.3. The van der Waals surface area contributed by atoms with Crippen LogP contribution in [0.15, 0.2) is 95.9 Å². The van der Waals surface area contributed by atoms with Crippen LogP contribution in [0.2, 0.25) is 0 Å². The molecule has 4 aromatic carbocycles. The fourth-order valence-corrected chi connectivity index (χ4v) is 5.19. The average Bonchev–Trinajstić information content (AvgIpc) is 2.86. The SMILES string of the molecule is CC(C)[C@@H](NS(=O)(=O)c1ccc(-c2ccc(OCc3cccc4ccccc34)cc2)cc1)C(=O)O. The summed E-state index contributed by atoms with van der Waals surface area (Å²) in [6, 6.07) is 27.1. The molecule has 1 atom stereocenters. The molecule has 4 aromatic rings. The second-order valence-corrected chi connectivity index (χ2v) is 10.4. The number of fused-ring (bicyclic) bond motifs is 1. The van der Waals surface area contributed by atoms with E-state index in [9.17, 15) is 18.3 Å². The summed E-state index contributed by atoms with van der Waals surface area (Å²) in [6.07, 6.45) is 0. The third-order valence-corrected chi connectivity index (χ3v) is 7.30. The molecule has 0 radical (unpaired) electrons. The molecule has 180 valence electrons. The van der Waals surface area contributed by atoms with Crippen molar-refractivity contribution >= 4 is 26.8 Å². The van der Waals surface area contributed by atoms with Crippen LogP contribution in [0.4, 0.5) is 0 Å². The Hall–Kier alpha value is -3.68. The number of carboxylic acid groups (broad SMARTS) is 1. The quantitative estimate of drug-likeness (QED) is 0.325. The van der Waals surface area contributed by atoms with E-state index < -0.39 is 22.0 Å². The molecule has 0 amide bonds. The van der Waals surface area contributed by atoms with Crippen molar-refractivity contribution in [2.24, 2.45) is 5.92 Å². The number of ether oxygens (including phenoxy) is 1. The zero-order valence-corrected chi connectivity index (χ0v) is 20.3. The zero-order chi connectivity index (χ0) is 25.0. The van der Waals surface area contributed by atoms with Crippen LogP contribution in [0.1, 0.15) is 19.4 Å². The Balaban J connectivity index is 1.44. The van der Waals surface area contributed by atoms with E-state index in [-0.39, 0.29) is 10.8 Å². The summed E-state index contributed by atoms with van der Waals surface area (Å²) in [7, 11) is -3.96. The van der Waals surface area contributed by atoms with Gasteiger partial charge in [-0.2, -0.15) is 4.72 Å². The largest absolute Gasteiger partial charge is 0.489 e. The molecule has 4 rings (SSSR count). The molecular formula is C28H27NO5S. The predicted octanol–water partition coefficient (Wildman–Crippen LogP) is 5.47. The molecule has 0 aliphatic rings. The van der Waals surface area contributed by atoms with Gasteiger partial charge in [-0.1, -0.05) is 80.6 Å². The van der Waals surface area contributed by atoms with E-state index in [1.54, 1.807) is 26.0 Å². The van der Waals surface area contributed by atoms with Crippen molar-refractivity contribution in [3.8, 4) is 16.9 Å². The maximum absolute atomic E-state index is 12.6. The van der Waals surface area contributed by atoms with Crippen LogP contribution in [0.5, 0.6) is 5.75 Å². The van der Waals surface area contributed by atoms with Gasteiger partial charge in [0, 0.05) is 0 Å². The Kier molecular flexibility index (Phi) is 7.19. The summed E-state index contributed by atoms with van der Waals surface area (Å²) in [5, 5.41) is 11.6. The van der Waals surface area contributed by atoms with Gasteiger partial charge in [-0.3, -0.25) is 4.79 Å². The molecule has 35 heavy (non-hydrogen) atoms. The molecule has 0 bridgehead atoms. The van der Waals surface area contributed by atoms with Crippen LogP contribution in [0.3, 0.4) is 0 Å². The monoisotopic (exact) mass is 489 g/mol. The van der Waals surface area contributed by atoms with Crippen LogP contribution < -0.4 is 9.46 Å². The Morgan fingerprint density at radius 3 is 2.09 bits per heavy atom. The van der Waals surface area contributed by atoms with Gasteiger partial charge in [0.1, 0.15) is 18.4 Å². The minimum absolute atomic E-state index is 0.0168. The van der Waals surface area contributed by atoms with Gasteiger partial charge in [0.25, 0.3) is 0 Å². The summed E-state index contributed by atoms with van der Waals surface area (Å²) in [4.78, 5) is 11.4. The number of sulfonamides is 1. The minimum atomic E-state index is -3.96. The smallest absolute Gasteiger partial charge is 0.322 e. The van der Waals surface area contributed by atoms with Gasteiger partial charge in [0.15, 0.2) is 0 Å². The lowest BCUT2D eigenvalue weighted by atomic mass is 10.1. The highest BCUT2D eigenvalue weighted by Crippen LogP contribution is 2.26. The van der Waals surface area contributed by atoms with Crippen LogP contribution >= 0.6 is 0 Å². The molecule has 0 aromatic heterocycles. The molecule has 0 unspecified atom stereocenters. The van der Waals surface area contributed by atoms with E-state index in [0.717, 1.165) is 22.4 Å². The van der Waals surface area contributed by atoms with Gasteiger partial charge >= 0.3 is 5.97 Å². The Morgan fingerprint density at radius 1 is 0.857 bits per heavy atom. The second-order valence-electron chi connectivity index (χ2n) is 8.66. The molecule has 0 aliphatic heterocycles. The summed E-state index contributed by atoms with van der Waals surface area (Å²) in [5.41, 5.74) is 2.85. The zero-order valence-electron chi connectivity index (χ0n) is 19.5. The Morgan fingerprint density at radius 2 is 1.46 bits per heavy atom. The summed E-state index contributed by atoms with van der Waals surface area (Å²) in [6.45, 7) is 3.76. The first kappa shape index (κ1) is 24.4. The lowest BCUT2D eigenvalue weighted by Crippen LogP contribution is -2.44. The van der Waals surface area contributed by atoms with E-state index in [4.69, 9.17) is 4.74 Å². The molecule has 0 saturated carbocycles. The van der Waals surface area contributed by atoms with E-state index in [1.165, 1.54) is 22.9 Å². The first-order valence-corrected chi connectivity index (χ1v) is 12.8. The van der Waals surface area contributed by atoms with Crippen molar-refractivity contribution in [1.82, 2.24) is 4.72 Å². The maximum atomic E-state index is 12.6. The number of rotatable bonds is 9.